The number of carbonyl (C=O) groups excluding carboxylic acids is 2. The van der Waals surface area contributed by atoms with Crippen LogP contribution in [0.25, 0.3) is 0 Å². The molecule has 2 N–H and O–H groups in total. The zero-order valence-corrected chi connectivity index (χ0v) is 13.7. The maximum Gasteiger partial charge on any atom is 0.233 e. The Labute approximate surface area is 131 Å². The molecule has 2 amide bonds. The van der Waals surface area contributed by atoms with Gasteiger partial charge in [-0.1, -0.05) is 12.1 Å². The van der Waals surface area contributed by atoms with Crippen LogP contribution in [0.3, 0.4) is 0 Å². The van der Waals surface area contributed by atoms with Gasteiger partial charge in [-0.25, -0.2) is 0 Å². The number of anilines is 1. The molecule has 122 valence electrons. The fourth-order valence-electron chi connectivity index (χ4n) is 1.75. The van der Waals surface area contributed by atoms with Crippen LogP contribution in [-0.4, -0.2) is 50.0 Å². The van der Waals surface area contributed by atoms with Crippen molar-refractivity contribution in [3.05, 3.63) is 24.3 Å². The molecule has 0 saturated heterocycles. The van der Waals surface area contributed by atoms with Crippen LogP contribution in [0.4, 0.5) is 5.69 Å². The normalized spacial score (nSPS) is 10.6. The summed E-state index contributed by atoms with van der Waals surface area (Å²) in [6.07, 6.45) is -0.198. The number of benzene rings is 1. The van der Waals surface area contributed by atoms with E-state index in [1.807, 2.05) is 38.9 Å². The van der Waals surface area contributed by atoms with Gasteiger partial charge in [-0.05, 0) is 40.1 Å². The lowest BCUT2D eigenvalue weighted by Crippen LogP contribution is -2.33. The van der Waals surface area contributed by atoms with E-state index in [0.717, 1.165) is 6.54 Å². The molecular formula is C16H25N3O3. The molecule has 0 bridgehead atoms. The third-order valence-corrected chi connectivity index (χ3v) is 2.73. The predicted molar refractivity (Wildman–Crippen MR) is 87.0 cm³/mol. The summed E-state index contributed by atoms with van der Waals surface area (Å²) < 4.78 is 5.62. The summed E-state index contributed by atoms with van der Waals surface area (Å²) in [4.78, 5) is 25.5. The van der Waals surface area contributed by atoms with Gasteiger partial charge in [-0.15, -0.1) is 0 Å². The summed E-state index contributed by atoms with van der Waals surface area (Å²) in [5, 5.41) is 5.42. The maximum absolute atomic E-state index is 11.9. The Balaban J connectivity index is 2.49. The van der Waals surface area contributed by atoms with E-state index in [0.29, 0.717) is 18.0 Å². The van der Waals surface area contributed by atoms with E-state index >= 15 is 0 Å². The van der Waals surface area contributed by atoms with E-state index in [2.05, 4.69) is 10.6 Å². The third-order valence-electron chi connectivity index (χ3n) is 2.73. The molecule has 0 aromatic heterocycles. The largest absolute Gasteiger partial charge is 0.489 e. The Morgan fingerprint density at radius 1 is 1.18 bits per heavy atom. The molecule has 0 fully saturated rings. The number of hydrogen-bond acceptors (Lipinski definition) is 4. The summed E-state index contributed by atoms with van der Waals surface area (Å²) in [6, 6.07) is 7.17. The number of para-hydroxylation sites is 2. The Kier molecular flexibility index (Phi) is 7.39. The number of rotatable bonds is 8. The minimum atomic E-state index is -0.359. The van der Waals surface area contributed by atoms with E-state index in [-0.39, 0.29) is 24.3 Å². The van der Waals surface area contributed by atoms with Gasteiger partial charge in [-0.3, -0.25) is 9.59 Å². The topological polar surface area (TPSA) is 70.7 Å². The standard InChI is InChI=1S/C16H25N3O3/c1-12(2)22-14-8-6-5-7-13(14)18-16(21)11-15(20)17-9-10-19(3)4/h5-8,12H,9-11H2,1-4H3,(H,17,20)(H,18,21). The predicted octanol–water partition coefficient (Wildman–Crippen LogP) is 1.48. The Bertz CT molecular complexity index is 501. The number of nitrogens with zero attached hydrogens (tertiary/aromatic N) is 1. The summed E-state index contributed by atoms with van der Waals surface area (Å²) >= 11 is 0. The highest BCUT2D eigenvalue weighted by Gasteiger charge is 2.12. The maximum atomic E-state index is 11.9. The van der Waals surface area contributed by atoms with Crippen LogP contribution in [0.1, 0.15) is 20.3 Å². The molecule has 0 saturated carbocycles. The van der Waals surface area contributed by atoms with E-state index in [1.165, 1.54) is 0 Å². The summed E-state index contributed by atoms with van der Waals surface area (Å²) in [5.74, 6) is -0.0531. The second-order valence-electron chi connectivity index (χ2n) is 5.54. The second-order valence-corrected chi connectivity index (χ2v) is 5.54. The molecule has 6 nitrogen and oxygen atoms in total. The van der Waals surface area contributed by atoms with Crippen LogP contribution in [0.15, 0.2) is 24.3 Å². The van der Waals surface area contributed by atoms with Crippen LogP contribution in [0.5, 0.6) is 5.75 Å². The SMILES string of the molecule is CC(C)Oc1ccccc1NC(=O)CC(=O)NCCN(C)C. The average molecular weight is 307 g/mol. The highest BCUT2D eigenvalue weighted by molar-refractivity contribution is 6.04. The molecule has 0 spiro atoms. The van der Waals surface area contributed by atoms with E-state index in [4.69, 9.17) is 4.74 Å². The molecule has 0 aliphatic heterocycles. The molecule has 0 unspecified atom stereocenters. The number of ether oxygens (including phenoxy) is 1. The number of nitrogens with one attached hydrogen (secondary N) is 2. The van der Waals surface area contributed by atoms with Crippen molar-refractivity contribution in [3.63, 3.8) is 0 Å². The van der Waals surface area contributed by atoms with Gasteiger partial charge in [0.2, 0.25) is 11.8 Å². The quantitative estimate of drug-likeness (QED) is 0.714. The molecule has 6 heteroatoms. The van der Waals surface area contributed by atoms with Gasteiger partial charge in [0, 0.05) is 13.1 Å². The number of likely N-dealkylation sites (N-methyl/N-ethyl adjacent to an activating group) is 1. The van der Waals surface area contributed by atoms with Gasteiger partial charge in [0.05, 0.1) is 11.8 Å². The Morgan fingerprint density at radius 3 is 2.50 bits per heavy atom. The van der Waals surface area contributed by atoms with Crippen molar-refractivity contribution >= 4 is 17.5 Å². The minimum absolute atomic E-state index is 0.00684. The zero-order valence-electron chi connectivity index (χ0n) is 13.7. The zero-order chi connectivity index (χ0) is 16.5. The van der Waals surface area contributed by atoms with Crippen LogP contribution < -0.4 is 15.4 Å². The lowest BCUT2D eigenvalue weighted by atomic mass is 10.2. The van der Waals surface area contributed by atoms with E-state index < -0.39 is 0 Å². The number of carbonyl (C=O) groups is 2. The van der Waals surface area contributed by atoms with Crippen molar-refractivity contribution in [2.75, 3.05) is 32.5 Å². The first-order chi connectivity index (χ1) is 10.4. The number of amides is 2. The average Bonchev–Trinajstić information content (AvgIpc) is 2.39. The summed E-state index contributed by atoms with van der Waals surface area (Å²) in [7, 11) is 3.84. The van der Waals surface area contributed by atoms with Crippen molar-refractivity contribution in [1.29, 1.82) is 0 Å². The summed E-state index contributed by atoms with van der Waals surface area (Å²) in [6.45, 7) is 5.08. The highest BCUT2D eigenvalue weighted by atomic mass is 16.5. The fraction of sp³-hybridized carbons (Fsp3) is 0.500. The molecule has 0 aliphatic rings. The molecule has 0 heterocycles. The molecule has 0 atom stereocenters. The van der Waals surface area contributed by atoms with Gasteiger partial charge in [-0.2, -0.15) is 0 Å². The van der Waals surface area contributed by atoms with Gasteiger partial charge in [0.15, 0.2) is 0 Å². The minimum Gasteiger partial charge on any atom is -0.489 e. The summed E-state index contributed by atoms with van der Waals surface area (Å²) in [5.41, 5.74) is 0.572. The van der Waals surface area contributed by atoms with Crippen molar-refractivity contribution in [2.45, 2.75) is 26.4 Å². The smallest absolute Gasteiger partial charge is 0.233 e. The number of hydrogen-bond donors (Lipinski definition) is 2. The highest BCUT2D eigenvalue weighted by Crippen LogP contribution is 2.24. The van der Waals surface area contributed by atoms with Crippen LogP contribution >= 0.6 is 0 Å². The van der Waals surface area contributed by atoms with Crippen molar-refractivity contribution in [3.8, 4) is 5.75 Å². The monoisotopic (exact) mass is 307 g/mol. The fourth-order valence-corrected chi connectivity index (χ4v) is 1.75. The lowest BCUT2D eigenvalue weighted by Gasteiger charge is -2.15. The molecule has 0 aliphatic carbocycles. The van der Waals surface area contributed by atoms with Crippen molar-refractivity contribution < 1.29 is 14.3 Å². The van der Waals surface area contributed by atoms with Crippen LogP contribution in [-0.2, 0) is 9.59 Å². The second kappa shape index (κ2) is 9.04. The van der Waals surface area contributed by atoms with Gasteiger partial charge in [0.25, 0.3) is 0 Å². The van der Waals surface area contributed by atoms with E-state index in [9.17, 15) is 9.59 Å². The Morgan fingerprint density at radius 2 is 1.86 bits per heavy atom. The first-order valence-corrected chi connectivity index (χ1v) is 7.35. The first kappa shape index (κ1) is 18.0. The van der Waals surface area contributed by atoms with Gasteiger partial charge >= 0.3 is 0 Å². The first-order valence-electron chi connectivity index (χ1n) is 7.35. The van der Waals surface area contributed by atoms with Crippen LogP contribution in [0.2, 0.25) is 0 Å². The molecule has 0 radical (unpaired) electrons. The van der Waals surface area contributed by atoms with Gasteiger partial charge in [0.1, 0.15) is 12.2 Å². The van der Waals surface area contributed by atoms with Crippen LogP contribution in [0, 0.1) is 0 Å². The molecule has 1 aromatic rings. The van der Waals surface area contributed by atoms with Crippen molar-refractivity contribution in [2.24, 2.45) is 0 Å². The molecule has 22 heavy (non-hydrogen) atoms. The molecular weight excluding hydrogens is 282 g/mol. The molecule has 1 rings (SSSR count). The third kappa shape index (κ3) is 7.08. The molecule has 1 aromatic carbocycles. The van der Waals surface area contributed by atoms with E-state index in [1.54, 1.807) is 18.2 Å². The Hall–Kier alpha value is -2.08. The van der Waals surface area contributed by atoms with Gasteiger partial charge < -0.3 is 20.3 Å². The lowest BCUT2D eigenvalue weighted by molar-refractivity contribution is -0.126. The van der Waals surface area contributed by atoms with Crippen molar-refractivity contribution in [1.82, 2.24) is 10.2 Å².